The highest BCUT2D eigenvalue weighted by Crippen LogP contribution is 2.12. The fraction of sp³-hybridized carbons (Fsp3) is 0.222. The van der Waals surface area contributed by atoms with Gasteiger partial charge < -0.3 is 15.2 Å². The summed E-state index contributed by atoms with van der Waals surface area (Å²) in [5.41, 5.74) is 7.59. The van der Waals surface area contributed by atoms with Crippen LogP contribution in [0.2, 0.25) is 0 Å². The Kier molecular flexibility index (Phi) is 2.00. The standard InChI is InChI=1S/C9H11N3O/c10-9(5-13)7-1-2-12-6-11-4-8(12)3-7/h1-4,6,9,13H,5,10H2. The van der Waals surface area contributed by atoms with Crippen LogP contribution in [0.5, 0.6) is 0 Å². The van der Waals surface area contributed by atoms with Crippen LogP contribution in [-0.4, -0.2) is 21.1 Å². The number of imidazole rings is 1. The predicted octanol–water partition coefficient (Wildman–Crippen LogP) is 0.326. The molecule has 4 heteroatoms. The molecule has 2 aromatic heterocycles. The molecule has 2 rings (SSSR count). The highest BCUT2D eigenvalue weighted by Gasteiger charge is 2.04. The number of nitrogens with two attached hydrogens (primary N) is 1. The molecule has 0 aromatic carbocycles. The van der Waals surface area contributed by atoms with E-state index in [9.17, 15) is 0 Å². The highest BCUT2D eigenvalue weighted by atomic mass is 16.3. The number of fused-ring (bicyclic) bond motifs is 1. The molecule has 0 bridgehead atoms. The molecule has 0 aliphatic carbocycles. The molecule has 0 aliphatic rings. The molecule has 0 spiro atoms. The molecular formula is C9H11N3O. The average Bonchev–Trinajstić information content (AvgIpc) is 2.63. The summed E-state index contributed by atoms with van der Waals surface area (Å²) >= 11 is 0. The van der Waals surface area contributed by atoms with Gasteiger partial charge in [-0.2, -0.15) is 0 Å². The summed E-state index contributed by atoms with van der Waals surface area (Å²) in [4.78, 5) is 3.99. The van der Waals surface area contributed by atoms with E-state index in [0.29, 0.717) is 0 Å². The van der Waals surface area contributed by atoms with E-state index in [2.05, 4.69) is 4.98 Å². The van der Waals surface area contributed by atoms with Crippen molar-refractivity contribution in [1.82, 2.24) is 9.38 Å². The number of nitrogens with zero attached hydrogens (tertiary/aromatic N) is 2. The van der Waals surface area contributed by atoms with Gasteiger partial charge in [0.05, 0.1) is 30.7 Å². The highest BCUT2D eigenvalue weighted by molar-refractivity contribution is 5.47. The first-order valence-corrected chi connectivity index (χ1v) is 4.09. The van der Waals surface area contributed by atoms with Crippen molar-refractivity contribution in [2.45, 2.75) is 6.04 Å². The number of aliphatic hydroxyl groups excluding tert-OH is 1. The molecule has 0 saturated carbocycles. The van der Waals surface area contributed by atoms with E-state index in [-0.39, 0.29) is 12.6 Å². The molecule has 0 amide bonds. The summed E-state index contributed by atoms with van der Waals surface area (Å²) in [6.07, 6.45) is 5.37. The maximum atomic E-state index is 8.86. The second kappa shape index (κ2) is 3.16. The zero-order valence-electron chi connectivity index (χ0n) is 7.09. The van der Waals surface area contributed by atoms with E-state index >= 15 is 0 Å². The largest absolute Gasteiger partial charge is 0.394 e. The quantitative estimate of drug-likeness (QED) is 0.694. The average molecular weight is 177 g/mol. The third-order valence-corrected chi connectivity index (χ3v) is 2.06. The van der Waals surface area contributed by atoms with Gasteiger partial charge in [0, 0.05) is 6.20 Å². The zero-order valence-corrected chi connectivity index (χ0v) is 7.09. The first-order valence-electron chi connectivity index (χ1n) is 4.09. The maximum absolute atomic E-state index is 8.86. The Labute approximate surface area is 75.6 Å². The Hall–Kier alpha value is -1.39. The monoisotopic (exact) mass is 177 g/mol. The Bertz CT molecular complexity index is 410. The van der Waals surface area contributed by atoms with Gasteiger partial charge in [-0.15, -0.1) is 0 Å². The van der Waals surface area contributed by atoms with E-state index in [0.717, 1.165) is 11.1 Å². The van der Waals surface area contributed by atoms with Crippen LogP contribution in [0.25, 0.3) is 5.52 Å². The SMILES string of the molecule is NC(CO)c1ccn2cncc2c1. The molecule has 0 saturated heterocycles. The van der Waals surface area contributed by atoms with Crippen LogP contribution >= 0.6 is 0 Å². The second-order valence-corrected chi connectivity index (χ2v) is 2.97. The van der Waals surface area contributed by atoms with Crippen molar-refractivity contribution >= 4 is 5.52 Å². The summed E-state index contributed by atoms with van der Waals surface area (Å²) in [5, 5.41) is 8.86. The lowest BCUT2D eigenvalue weighted by molar-refractivity contribution is 0.268. The van der Waals surface area contributed by atoms with Crippen LogP contribution in [0.1, 0.15) is 11.6 Å². The van der Waals surface area contributed by atoms with Gasteiger partial charge in [0.2, 0.25) is 0 Å². The fourth-order valence-corrected chi connectivity index (χ4v) is 1.27. The summed E-state index contributed by atoms with van der Waals surface area (Å²) in [6, 6.07) is 3.50. The Morgan fingerprint density at radius 3 is 3.23 bits per heavy atom. The minimum atomic E-state index is -0.306. The van der Waals surface area contributed by atoms with Crippen molar-refractivity contribution in [3.8, 4) is 0 Å². The molecule has 0 fully saturated rings. The molecular weight excluding hydrogens is 166 g/mol. The Morgan fingerprint density at radius 2 is 2.46 bits per heavy atom. The number of hydrogen-bond acceptors (Lipinski definition) is 3. The summed E-state index contributed by atoms with van der Waals surface area (Å²) in [7, 11) is 0. The minimum Gasteiger partial charge on any atom is -0.394 e. The van der Waals surface area contributed by atoms with Gasteiger partial charge in [-0.1, -0.05) is 0 Å². The van der Waals surface area contributed by atoms with Crippen LogP contribution in [-0.2, 0) is 0 Å². The number of aromatic nitrogens is 2. The van der Waals surface area contributed by atoms with Gasteiger partial charge in [0.15, 0.2) is 0 Å². The summed E-state index contributed by atoms with van der Waals surface area (Å²) < 4.78 is 1.90. The van der Waals surface area contributed by atoms with Crippen molar-refractivity contribution < 1.29 is 5.11 Å². The molecule has 4 nitrogen and oxygen atoms in total. The first-order chi connectivity index (χ1) is 6.31. The molecule has 1 atom stereocenters. The lowest BCUT2D eigenvalue weighted by Gasteiger charge is -2.08. The second-order valence-electron chi connectivity index (χ2n) is 2.97. The molecule has 13 heavy (non-hydrogen) atoms. The first kappa shape index (κ1) is 8.22. The van der Waals surface area contributed by atoms with Crippen LogP contribution in [0, 0.1) is 0 Å². The third-order valence-electron chi connectivity index (χ3n) is 2.06. The van der Waals surface area contributed by atoms with E-state index < -0.39 is 0 Å². The smallest absolute Gasteiger partial charge is 0.0991 e. The summed E-state index contributed by atoms with van der Waals surface area (Å²) in [5.74, 6) is 0. The van der Waals surface area contributed by atoms with E-state index in [1.807, 2.05) is 22.7 Å². The van der Waals surface area contributed by atoms with Gasteiger partial charge in [-0.05, 0) is 17.7 Å². The van der Waals surface area contributed by atoms with Crippen LogP contribution in [0.3, 0.4) is 0 Å². The Balaban J connectivity index is 2.48. The van der Waals surface area contributed by atoms with Crippen molar-refractivity contribution in [3.63, 3.8) is 0 Å². The van der Waals surface area contributed by atoms with Crippen LogP contribution in [0.15, 0.2) is 30.9 Å². The van der Waals surface area contributed by atoms with Crippen molar-refractivity contribution in [3.05, 3.63) is 36.4 Å². The molecule has 0 aliphatic heterocycles. The van der Waals surface area contributed by atoms with E-state index in [1.54, 1.807) is 12.5 Å². The lowest BCUT2D eigenvalue weighted by atomic mass is 10.1. The van der Waals surface area contributed by atoms with Gasteiger partial charge >= 0.3 is 0 Å². The van der Waals surface area contributed by atoms with Crippen molar-refractivity contribution in [1.29, 1.82) is 0 Å². The number of aliphatic hydroxyl groups is 1. The molecule has 3 N–H and O–H groups in total. The molecule has 1 unspecified atom stereocenters. The number of rotatable bonds is 2. The van der Waals surface area contributed by atoms with Gasteiger partial charge in [-0.3, -0.25) is 0 Å². The van der Waals surface area contributed by atoms with Crippen LogP contribution < -0.4 is 5.73 Å². The van der Waals surface area contributed by atoms with Gasteiger partial charge in [0.1, 0.15) is 0 Å². The topological polar surface area (TPSA) is 63.5 Å². The fourth-order valence-electron chi connectivity index (χ4n) is 1.27. The molecule has 2 heterocycles. The van der Waals surface area contributed by atoms with E-state index in [1.165, 1.54) is 0 Å². The number of hydrogen-bond donors (Lipinski definition) is 2. The zero-order chi connectivity index (χ0) is 9.26. The lowest BCUT2D eigenvalue weighted by Crippen LogP contribution is -2.14. The van der Waals surface area contributed by atoms with E-state index in [4.69, 9.17) is 10.8 Å². The normalized spacial score (nSPS) is 13.4. The maximum Gasteiger partial charge on any atom is 0.0991 e. The van der Waals surface area contributed by atoms with Crippen LogP contribution in [0.4, 0.5) is 0 Å². The number of pyridine rings is 1. The third kappa shape index (κ3) is 1.41. The molecule has 68 valence electrons. The minimum absolute atomic E-state index is 0.0374. The van der Waals surface area contributed by atoms with Crippen molar-refractivity contribution in [2.24, 2.45) is 5.73 Å². The van der Waals surface area contributed by atoms with Crippen molar-refractivity contribution in [2.75, 3.05) is 6.61 Å². The molecule has 0 radical (unpaired) electrons. The summed E-state index contributed by atoms with van der Waals surface area (Å²) in [6.45, 7) is -0.0374. The van der Waals surface area contributed by atoms with Gasteiger partial charge in [-0.25, -0.2) is 4.98 Å². The molecule has 2 aromatic rings. The predicted molar refractivity (Wildman–Crippen MR) is 49.2 cm³/mol. The van der Waals surface area contributed by atoms with Gasteiger partial charge in [0.25, 0.3) is 0 Å². The Morgan fingerprint density at radius 1 is 1.62 bits per heavy atom.